The summed E-state index contributed by atoms with van der Waals surface area (Å²) in [6.45, 7) is 5.51. The van der Waals surface area contributed by atoms with Crippen LogP contribution in [0.15, 0.2) is 39.5 Å². The average molecular weight is 474 g/mol. The second kappa shape index (κ2) is 10.2. The number of rotatable bonds is 7. The molecule has 176 valence electrons. The van der Waals surface area contributed by atoms with Crippen molar-refractivity contribution >= 4 is 34.4 Å². The molecular weight excluding hydrogens is 446 g/mol. The van der Waals surface area contributed by atoms with E-state index in [9.17, 15) is 14.4 Å². The van der Waals surface area contributed by atoms with Gasteiger partial charge in [0.15, 0.2) is 5.13 Å². The van der Waals surface area contributed by atoms with Gasteiger partial charge in [-0.15, -0.1) is 11.3 Å². The number of nitrogens with one attached hydrogen (secondary N) is 3. The highest BCUT2D eigenvalue weighted by molar-refractivity contribution is 7.13. The lowest BCUT2D eigenvalue weighted by Gasteiger charge is -2.34. The molecule has 10 nitrogen and oxygen atoms in total. The molecule has 1 fully saturated rings. The van der Waals surface area contributed by atoms with E-state index in [2.05, 4.69) is 25.8 Å². The third-order valence-corrected chi connectivity index (χ3v) is 6.54. The minimum Gasteiger partial charge on any atom is -0.467 e. The Labute approximate surface area is 195 Å². The number of carbonyl (C=O) groups excluding carboxylic acids is 3. The topological polar surface area (TPSA) is 126 Å². The predicted octanol–water partition coefficient (Wildman–Crippen LogP) is 2.57. The molecule has 1 atom stereocenters. The lowest BCUT2D eigenvalue weighted by molar-refractivity contribution is -0.139. The van der Waals surface area contributed by atoms with Crippen LogP contribution in [-0.2, 0) is 14.3 Å². The molecule has 2 aliphatic heterocycles. The molecule has 2 aromatic heterocycles. The predicted molar refractivity (Wildman–Crippen MR) is 121 cm³/mol. The molecule has 3 amide bonds. The highest BCUT2D eigenvalue weighted by Crippen LogP contribution is 2.29. The van der Waals surface area contributed by atoms with Crippen LogP contribution in [0.3, 0.4) is 0 Å². The van der Waals surface area contributed by atoms with Crippen molar-refractivity contribution < 1.29 is 23.5 Å². The van der Waals surface area contributed by atoms with Crippen LogP contribution < -0.4 is 16.0 Å². The molecule has 0 aliphatic carbocycles. The number of thiazole rings is 1. The van der Waals surface area contributed by atoms with E-state index < -0.39 is 18.0 Å². The standard InChI is InChI=1S/C22H27N5O5S/c1-3-31-20(29)17-15(24-21(30)25-18(17)16-5-4-10-32-16)11-27-8-6-14(7-9-27)19(28)26-22-23-13(2)12-33-22/h4-5,10,12,14,18H,3,6-9,11H2,1-2H3,(H,23,26,28)(H2,24,25,30). The van der Waals surface area contributed by atoms with Crippen LogP contribution in [0, 0.1) is 12.8 Å². The molecule has 3 N–H and O–H groups in total. The van der Waals surface area contributed by atoms with Gasteiger partial charge in [0.05, 0.1) is 24.1 Å². The van der Waals surface area contributed by atoms with E-state index in [1.165, 1.54) is 17.6 Å². The summed E-state index contributed by atoms with van der Waals surface area (Å²) in [5.41, 5.74) is 1.69. The van der Waals surface area contributed by atoms with Crippen LogP contribution in [0.5, 0.6) is 0 Å². The smallest absolute Gasteiger partial charge is 0.338 e. The van der Waals surface area contributed by atoms with Gasteiger partial charge in [0.25, 0.3) is 0 Å². The third-order valence-electron chi connectivity index (χ3n) is 5.67. The molecular formula is C22H27N5O5S. The fourth-order valence-corrected chi connectivity index (χ4v) is 4.75. The Morgan fingerprint density at radius 3 is 2.79 bits per heavy atom. The van der Waals surface area contributed by atoms with Gasteiger partial charge in [-0.25, -0.2) is 14.6 Å². The lowest BCUT2D eigenvalue weighted by Crippen LogP contribution is -2.49. The Morgan fingerprint density at radius 1 is 1.36 bits per heavy atom. The molecule has 4 heterocycles. The Hall–Kier alpha value is -3.18. The van der Waals surface area contributed by atoms with Crippen molar-refractivity contribution in [3.8, 4) is 0 Å². The lowest BCUT2D eigenvalue weighted by atomic mass is 9.95. The van der Waals surface area contributed by atoms with Gasteiger partial charge in [-0.3, -0.25) is 9.69 Å². The number of hydrogen-bond donors (Lipinski definition) is 3. The summed E-state index contributed by atoms with van der Waals surface area (Å²) < 4.78 is 10.7. The summed E-state index contributed by atoms with van der Waals surface area (Å²) in [6.07, 6.45) is 2.84. The number of carbonyl (C=O) groups is 3. The first-order chi connectivity index (χ1) is 15.9. The quantitative estimate of drug-likeness (QED) is 0.528. The Kier molecular flexibility index (Phi) is 7.09. The second-order valence-corrected chi connectivity index (χ2v) is 8.85. The van der Waals surface area contributed by atoms with Gasteiger partial charge >= 0.3 is 12.0 Å². The number of nitrogens with zero attached hydrogens (tertiary/aromatic N) is 2. The average Bonchev–Trinajstić information content (AvgIpc) is 3.46. The van der Waals surface area contributed by atoms with Crippen molar-refractivity contribution in [1.29, 1.82) is 0 Å². The van der Waals surface area contributed by atoms with Crippen molar-refractivity contribution in [2.75, 3.05) is 31.6 Å². The van der Waals surface area contributed by atoms with E-state index in [-0.39, 0.29) is 18.4 Å². The van der Waals surface area contributed by atoms with Crippen LogP contribution in [0.4, 0.5) is 9.93 Å². The van der Waals surface area contributed by atoms with E-state index in [1.54, 1.807) is 19.1 Å². The fourth-order valence-electron chi connectivity index (χ4n) is 4.06. The molecule has 0 radical (unpaired) electrons. The largest absolute Gasteiger partial charge is 0.467 e. The summed E-state index contributed by atoms with van der Waals surface area (Å²) in [6, 6.07) is 2.27. The van der Waals surface area contributed by atoms with Crippen molar-refractivity contribution in [3.63, 3.8) is 0 Å². The number of aromatic nitrogens is 1. The van der Waals surface area contributed by atoms with Gasteiger partial charge in [-0.1, -0.05) is 0 Å². The Bertz CT molecular complexity index is 1040. The Morgan fingerprint density at radius 2 is 2.15 bits per heavy atom. The zero-order chi connectivity index (χ0) is 23.4. The molecule has 1 unspecified atom stereocenters. The number of amides is 3. The number of anilines is 1. The maximum Gasteiger partial charge on any atom is 0.338 e. The first kappa shape index (κ1) is 23.0. The van der Waals surface area contributed by atoms with E-state index in [0.29, 0.717) is 54.6 Å². The number of aryl methyl sites for hydroxylation is 1. The summed E-state index contributed by atoms with van der Waals surface area (Å²) >= 11 is 1.41. The van der Waals surface area contributed by atoms with E-state index in [1.807, 2.05) is 12.3 Å². The molecule has 2 aromatic rings. The molecule has 33 heavy (non-hydrogen) atoms. The van der Waals surface area contributed by atoms with Gasteiger partial charge < -0.3 is 25.1 Å². The summed E-state index contributed by atoms with van der Waals surface area (Å²) in [4.78, 5) is 44.1. The monoisotopic (exact) mass is 473 g/mol. The van der Waals surface area contributed by atoms with Gasteiger partial charge in [-0.2, -0.15) is 0 Å². The van der Waals surface area contributed by atoms with E-state index in [4.69, 9.17) is 9.15 Å². The molecule has 4 rings (SSSR count). The van der Waals surface area contributed by atoms with Crippen molar-refractivity contribution in [2.45, 2.75) is 32.7 Å². The second-order valence-electron chi connectivity index (χ2n) is 7.99. The summed E-state index contributed by atoms with van der Waals surface area (Å²) in [5, 5.41) is 10.9. The highest BCUT2D eigenvalue weighted by Gasteiger charge is 2.36. The molecule has 1 saturated heterocycles. The van der Waals surface area contributed by atoms with Gasteiger partial charge in [-0.05, 0) is 51.9 Å². The zero-order valence-corrected chi connectivity index (χ0v) is 19.4. The minimum atomic E-state index is -0.729. The number of likely N-dealkylation sites (tertiary alicyclic amines) is 1. The third kappa shape index (κ3) is 5.42. The summed E-state index contributed by atoms with van der Waals surface area (Å²) in [7, 11) is 0. The molecule has 0 bridgehead atoms. The SMILES string of the molecule is CCOC(=O)C1=C(CN2CCC(C(=O)Nc3nc(C)cs3)CC2)NC(=O)NC1c1ccco1. The molecule has 0 aromatic carbocycles. The van der Waals surface area contributed by atoms with Crippen LogP contribution in [-0.4, -0.2) is 54.0 Å². The first-order valence-corrected chi connectivity index (χ1v) is 11.8. The number of ether oxygens (including phenoxy) is 1. The van der Waals surface area contributed by atoms with Crippen molar-refractivity contribution in [1.82, 2.24) is 20.5 Å². The number of esters is 1. The molecule has 11 heteroatoms. The maximum atomic E-state index is 12.8. The van der Waals surface area contributed by atoms with Crippen LogP contribution in [0.25, 0.3) is 0 Å². The highest BCUT2D eigenvalue weighted by atomic mass is 32.1. The van der Waals surface area contributed by atoms with E-state index >= 15 is 0 Å². The van der Waals surface area contributed by atoms with Crippen LogP contribution in [0.1, 0.15) is 37.3 Å². The number of urea groups is 1. The first-order valence-electron chi connectivity index (χ1n) is 10.9. The molecule has 0 saturated carbocycles. The molecule has 2 aliphatic rings. The number of furan rings is 1. The normalized spacial score (nSPS) is 19.7. The minimum absolute atomic E-state index is 0.0246. The van der Waals surface area contributed by atoms with Crippen LogP contribution in [0.2, 0.25) is 0 Å². The number of hydrogen-bond acceptors (Lipinski definition) is 8. The summed E-state index contributed by atoms with van der Waals surface area (Å²) in [5.74, 6) is -0.182. The Balaban J connectivity index is 1.44. The van der Waals surface area contributed by atoms with Crippen molar-refractivity contribution in [3.05, 3.63) is 46.5 Å². The fraction of sp³-hybridized carbons (Fsp3) is 0.455. The molecule has 0 spiro atoms. The van der Waals surface area contributed by atoms with Crippen LogP contribution >= 0.6 is 11.3 Å². The maximum absolute atomic E-state index is 12.8. The van der Waals surface area contributed by atoms with Gasteiger partial charge in [0.2, 0.25) is 5.91 Å². The van der Waals surface area contributed by atoms with Crippen molar-refractivity contribution in [2.24, 2.45) is 5.92 Å². The van der Waals surface area contributed by atoms with Gasteiger partial charge in [0.1, 0.15) is 11.8 Å². The number of piperidine rings is 1. The van der Waals surface area contributed by atoms with E-state index in [0.717, 1.165) is 5.69 Å². The van der Waals surface area contributed by atoms with Gasteiger partial charge in [0, 0.05) is 23.5 Å². The zero-order valence-electron chi connectivity index (χ0n) is 18.6.